The van der Waals surface area contributed by atoms with Crippen molar-refractivity contribution in [2.24, 2.45) is 0 Å². The van der Waals surface area contributed by atoms with Gasteiger partial charge in [-0.2, -0.15) is 0 Å². The molecule has 3 aromatic rings. The van der Waals surface area contributed by atoms with E-state index >= 15 is 0 Å². The van der Waals surface area contributed by atoms with E-state index in [-0.39, 0.29) is 19.8 Å². The molecule has 0 fully saturated rings. The van der Waals surface area contributed by atoms with Crippen LogP contribution in [0, 0.1) is 0 Å². The number of rotatable bonds is 9. The van der Waals surface area contributed by atoms with Gasteiger partial charge in [-0.3, -0.25) is 0 Å². The van der Waals surface area contributed by atoms with E-state index in [0.29, 0.717) is 22.8 Å². The van der Waals surface area contributed by atoms with Gasteiger partial charge in [0.15, 0.2) is 6.61 Å². The van der Waals surface area contributed by atoms with Crippen molar-refractivity contribution >= 4 is 27.9 Å². The molecule has 0 amide bonds. The van der Waals surface area contributed by atoms with Crippen LogP contribution in [0.25, 0.3) is 0 Å². The Morgan fingerprint density at radius 3 is 2.03 bits per heavy atom. The summed E-state index contributed by atoms with van der Waals surface area (Å²) < 4.78 is 22.1. The van der Waals surface area contributed by atoms with Crippen LogP contribution >= 0.6 is 15.9 Å². The molecule has 0 aromatic heterocycles. The van der Waals surface area contributed by atoms with Gasteiger partial charge in [0.05, 0.1) is 5.56 Å². The van der Waals surface area contributed by atoms with Crippen LogP contribution in [0.2, 0.25) is 0 Å². The molecule has 0 saturated heterocycles. The maximum Gasteiger partial charge on any atom is 0.349 e. The van der Waals surface area contributed by atoms with Crippen molar-refractivity contribution in [2.75, 3.05) is 19.8 Å². The van der Waals surface area contributed by atoms with Crippen molar-refractivity contribution in [2.45, 2.75) is 0 Å². The largest absolute Gasteiger partial charge is 0.490 e. The Bertz CT molecular complexity index is 955. The molecular weight excluding hydrogens is 452 g/mol. The highest BCUT2D eigenvalue weighted by Gasteiger charge is 2.10. The topological polar surface area (TPSA) is 71.1 Å². The van der Waals surface area contributed by atoms with Gasteiger partial charge < -0.3 is 18.9 Å². The maximum absolute atomic E-state index is 12.1. The third-order valence-electron chi connectivity index (χ3n) is 3.82. The zero-order valence-corrected chi connectivity index (χ0v) is 17.5. The Balaban J connectivity index is 1.39. The SMILES string of the molecule is O=C(COc1ccc(Br)cc1)Oc1ccc(C(=O)OCCOc2ccccc2)cc1. The van der Waals surface area contributed by atoms with E-state index in [0.717, 1.165) is 4.47 Å². The zero-order chi connectivity index (χ0) is 21.2. The smallest absolute Gasteiger partial charge is 0.349 e. The molecule has 0 aliphatic rings. The van der Waals surface area contributed by atoms with E-state index in [2.05, 4.69) is 15.9 Å². The average molecular weight is 471 g/mol. The Morgan fingerprint density at radius 1 is 0.700 bits per heavy atom. The summed E-state index contributed by atoms with van der Waals surface area (Å²) >= 11 is 3.33. The molecule has 0 unspecified atom stereocenters. The first-order valence-corrected chi connectivity index (χ1v) is 9.93. The van der Waals surface area contributed by atoms with Crippen LogP contribution < -0.4 is 14.2 Å². The quantitative estimate of drug-likeness (QED) is 0.257. The molecule has 0 aliphatic heterocycles. The van der Waals surface area contributed by atoms with Crippen LogP contribution in [-0.2, 0) is 9.53 Å². The van der Waals surface area contributed by atoms with Gasteiger partial charge in [-0.1, -0.05) is 34.1 Å². The third kappa shape index (κ3) is 6.93. The molecule has 30 heavy (non-hydrogen) atoms. The second kappa shape index (κ2) is 11.0. The standard InChI is InChI=1S/C23H19BrO6/c24-18-8-12-20(13-9-18)29-16-22(25)30-21-10-6-17(7-11-21)23(26)28-15-14-27-19-4-2-1-3-5-19/h1-13H,14-16H2. The van der Waals surface area contributed by atoms with Gasteiger partial charge in [0, 0.05) is 4.47 Å². The summed E-state index contributed by atoms with van der Waals surface area (Å²) in [7, 11) is 0. The monoisotopic (exact) mass is 470 g/mol. The number of halogens is 1. The van der Waals surface area contributed by atoms with Crippen LogP contribution in [0.3, 0.4) is 0 Å². The fraction of sp³-hybridized carbons (Fsp3) is 0.130. The van der Waals surface area contributed by atoms with Gasteiger partial charge in [-0.25, -0.2) is 9.59 Å². The Hall–Kier alpha value is -3.32. The minimum absolute atomic E-state index is 0.123. The fourth-order valence-electron chi connectivity index (χ4n) is 2.39. The lowest BCUT2D eigenvalue weighted by molar-refractivity contribution is -0.136. The summed E-state index contributed by atoms with van der Waals surface area (Å²) in [5.41, 5.74) is 0.348. The molecule has 0 spiro atoms. The van der Waals surface area contributed by atoms with Crippen molar-refractivity contribution < 1.29 is 28.5 Å². The number of para-hydroxylation sites is 1. The van der Waals surface area contributed by atoms with Crippen LogP contribution in [0.5, 0.6) is 17.2 Å². The number of hydrogen-bond acceptors (Lipinski definition) is 6. The predicted octanol–water partition coefficient (Wildman–Crippen LogP) is 4.67. The summed E-state index contributed by atoms with van der Waals surface area (Å²) in [4.78, 5) is 24.0. The second-order valence-corrected chi connectivity index (χ2v) is 6.95. The number of carbonyl (C=O) groups excluding carboxylic acids is 2. The molecule has 0 aliphatic carbocycles. The molecule has 7 heteroatoms. The molecule has 0 heterocycles. The Morgan fingerprint density at radius 2 is 1.33 bits per heavy atom. The maximum atomic E-state index is 12.1. The van der Waals surface area contributed by atoms with E-state index in [1.54, 1.807) is 12.1 Å². The fourth-order valence-corrected chi connectivity index (χ4v) is 2.65. The summed E-state index contributed by atoms with van der Waals surface area (Å²) in [5.74, 6) is 0.547. The highest BCUT2D eigenvalue weighted by Crippen LogP contribution is 2.17. The van der Waals surface area contributed by atoms with Gasteiger partial charge in [0.25, 0.3) is 0 Å². The highest BCUT2D eigenvalue weighted by molar-refractivity contribution is 9.10. The van der Waals surface area contributed by atoms with E-state index in [1.165, 1.54) is 24.3 Å². The number of hydrogen-bond donors (Lipinski definition) is 0. The lowest BCUT2D eigenvalue weighted by Gasteiger charge is -2.09. The first-order chi connectivity index (χ1) is 14.6. The summed E-state index contributed by atoms with van der Waals surface area (Å²) in [6, 6.07) is 22.5. The predicted molar refractivity (Wildman–Crippen MR) is 114 cm³/mol. The van der Waals surface area contributed by atoms with Crippen molar-refractivity contribution in [1.29, 1.82) is 0 Å². The number of benzene rings is 3. The lowest BCUT2D eigenvalue weighted by atomic mass is 10.2. The van der Waals surface area contributed by atoms with Crippen molar-refractivity contribution in [3.8, 4) is 17.2 Å². The summed E-state index contributed by atoms with van der Waals surface area (Å²) in [6.45, 7) is 0.147. The van der Waals surface area contributed by atoms with Gasteiger partial charge >= 0.3 is 11.9 Å². The summed E-state index contributed by atoms with van der Waals surface area (Å²) in [6.07, 6.45) is 0. The first kappa shape index (κ1) is 21.4. The Kier molecular flexibility index (Phi) is 7.86. The van der Waals surface area contributed by atoms with E-state index < -0.39 is 11.9 Å². The molecule has 3 rings (SSSR count). The third-order valence-corrected chi connectivity index (χ3v) is 4.35. The molecule has 0 radical (unpaired) electrons. The molecular formula is C23H19BrO6. The molecule has 0 N–H and O–H groups in total. The van der Waals surface area contributed by atoms with E-state index in [9.17, 15) is 9.59 Å². The molecule has 0 atom stereocenters. The molecule has 0 saturated carbocycles. The Labute approximate surface area is 182 Å². The summed E-state index contributed by atoms with van der Waals surface area (Å²) in [5, 5.41) is 0. The van der Waals surface area contributed by atoms with Crippen molar-refractivity contribution in [3.05, 3.63) is 88.9 Å². The number of esters is 2. The second-order valence-electron chi connectivity index (χ2n) is 6.04. The van der Waals surface area contributed by atoms with Gasteiger partial charge in [-0.15, -0.1) is 0 Å². The highest BCUT2D eigenvalue weighted by atomic mass is 79.9. The van der Waals surface area contributed by atoms with Crippen molar-refractivity contribution in [1.82, 2.24) is 0 Å². The molecule has 6 nitrogen and oxygen atoms in total. The van der Waals surface area contributed by atoms with Gasteiger partial charge in [0.2, 0.25) is 0 Å². The van der Waals surface area contributed by atoms with Gasteiger partial charge in [-0.05, 0) is 60.7 Å². The van der Waals surface area contributed by atoms with E-state index in [1.807, 2.05) is 42.5 Å². The number of ether oxygens (including phenoxy) is 4. The first-order valence-electron chi connectivity index (χ1n) is 9.14. The van der Waals surface area contributed by atoms with Gasteiger partial charge in [0.1, 0.15) is 30.5 Å². The van der Waals surface area contributed by atoms with Crippen LogP contribution in [-0.4, -0.2) is 31.8 Å². The van der Waals surface area contributed by atoms with Crippen molar-refractivity contribution in [3.63, 3.8) is 0 Å². The van der Waals surface area contributed by atoms with Crippen LogP contribution in [0.1, 0.15) is 10.4 Å². The molecule has 0 bridgehead atoms. The lowest BCUT2D eigenvalue weighted by Crippen LogP contribution is -2.17. The molecule has 154 valence electrons. The minimum Gasteiger partial charge on any atom is -0.490 e. The normalized spacial score (nSPS) is 10.2. The minimum atomic E-state index is -0.550. The van der Waals surface area contributed by atoms with Crippen LogP contribution in [0.15, 0.2) is 83.3 Å². The number of carbonyl (C=O) groups is 2. The van der Waals surface area contributed by atoms with Crippen LogP contribution in [0.4, 0.5) is 0 Å². The zero-order valence-electron chi connectivity index (χ0n) is 16.0. The van der Waals surface area contributed by atoms with E-state index in [4.69, 9.17) is 18.9 Å². The molecule has 3 aromatic carbocycles. The average Bonchev–Trinajstić information content (AvgIpc) is 2.77.